The Bertz CT molecular complexity index is 5050. The molecule has 1 aliphatic heterocycles. The molecule has 2 heteroatoms. The van der Waals surface area contributed by atoms with Crippen LogP contribution in [0.15, 0.2) is 285 Å². The molecule has 2 atom stereocenters. The minimum Gasteiger partial charge on any atom is -0.310 e. The van der Waals surface area contributed by atoms with Crippen molar-refractivity contribution >= 4 is 49.6 Å². The average Bonchev–Trinajstić information content (AvgIpc) is 1.97. The Kier molecular flexibility index (Phi) is 8.48. The van der Waals surface area contributed by atoms with Crippen molar-refractivity contribution in [3.05, 3.63) is 346 Å². The maximum absolute atomic E-state index is 2.56. The number of fused-ring (bicyclic) bond motifs is 27. The molecule has 0 N–H and O–H groups in total. The van der Waals surface area contributed by atoms with Crippen molar-refractivity contribution in [2.45, 2.75) is 16.7 Å². The summed E-state index contributed by atoms with van der Waals surface area (Å²) < 4.78 is 2.54. The molecule has 2 spiro atoms. The molecule has 2 nitrogen and oxygen atoms in total. The van der Waals surface area contributed by atoms with Crippen molar-refractivity contribution in [2.75, 3.05) is 4.90 Å². The molecule has 4 aliphatic carbocycles. The number of benzene rings is 13. The molecule has 0 radical (unpaired) electrons. The van der Waals surface area contributed by atoms with Crippen molar-refractivity contribution in [1.82, 2.24) is 4.57 Å². The molecular formula is C79H48N2. The van der Waals surface area contributed by atoms with Crippen LogP contribution < -0.4 is 4.90 Å². The van der Waals surface area contributed by atoms with Crippen molar-refractivity contribution in [2.24, 2.45) is 0 Å². The Hall–Kier alpha value is -10.3. The van der Waals surface area contributed by atoms with E-state index in [1.165, 1.54) is 144 Å². The van der Waals surface area contributed by atoms with Crippen molar-refractivity contribution in [3.8, 4) is 50.2 Å². The predicted octanol–water partition coefficient (Wildman–Crippen LogP) is 19.6. The van der Waals surface area contributed by atoms with Gasteiger partial charge in [-0.15, -0.1) is 0 Å². The summed E-state index contributed by atoms with van der Waals surface area (Å²) in [6.07, 6.45) is 0. The first-order valence-electron chi connectivity index (χ1n) is 28.5. The van der Waals surface area contributed by atoms with Gasteiger partial charge in [-0.05, 0) is 165 Å². The molecule has 0 amide bonds. The van der Waals surface area contributed by atoms with Gasteiger partial charge in [0.1, 0.15) is 0 Å². The van der Waals surface area contributed by atoms with Crippen LogP contribution in [0.25, 0.3) is 82.8 Å². The zero-order valence-corrected chi connectivity index (χ0v) is 44.1. The lowest BCUT2D eigenvalue weighted by Crippen LogP contribution is -2.33. The second-order valence-corrected chi connectivity index (χ2v) is 22.9. The molecular weight excluding hydrogens is 977 g/mol. The summed E-state index contributed by atoms with van der Waals surface area (Å²) in [7, 11) is 0. The molecule has 19 rings (SSSR count). The molecule has 5 aliphatic rings. The fourth-order valence-electron chi connectivity index (χ4n) is 16.5. The van der Waals surface area contributed by atoms with Crippen molar-refractivity contribution < 1.29 is 0 Å². The van der Waals surface area contributed by atoms with Crippen LogP contribution >= 0.6 is 0 Å². The molecule has 1 aromatic heterocycles. The third-order valence-corrected chi connectivity index (χ3v) is 19.5. The van der Waals surface area contributed by atoms with Gasteiger partial charge in [0.15, 0.2) is 0 Å². The molecule has 0 saturated carbocycles. The van der Waals surface area contributed by atoms with E-state index in [-0.39, 0.29) is 5.92 Å². The second-order valence-electron chi connectivity index (χ2n) is 22.9. The Morgan fingerprint density at radius 3 is 1.46 bits per heavy atom. The summed E-state index contributed by atoms with van der Waals surface area (Å²) in [6.45, 7) is 0. The molecule has 14 aromatic rings. The zero-order chi connectivity index (χ0) is 52.7. The third kappa shape index (κ3) is 5.34. The van der Waals surface area contributed by atoms with Crippen LogP contribution in [0.5, 0.6) is 0 Å². The highest BCUT2D eigenvalue weighted by molar-refractivity contribution is 6.13. The molecule has 374 valence electrons. The molecule has 81 heavy (non-hydrogen) atoms. The van der Waals surface area contributed by atoms with Crippen LogP contribution in [0, 0.1) is 0 Å². The van der Waals surface area contributed by atoms with Crippen LogP contribution in [0.1, 0.15) is 67.1 Å². The van der Waals surface area contributed by atoms with Crippen molar-refractivity contribution in [3.63, 3.8) is 0 Å². The van der Waals surface area contributed by atoms with Gasteiger partial charge in [-0.2, -0.15) is 0 Å². The lowest BCUT2D eigenvalue weighted by Gasteiger charge is -2.40. The number of nitrogens with zero attached hydrogens (tertiary/aromatic N) is 2. The Morgan fingerprint density at radius 1 is 0.296 bits per heavy atom. The first-order chi connectivity index (χ1) is 40.2. The van der Waals surface area contributed by atoms with E-state index in [2.05, 4.69) is 295 Å². The first kappa shape index (κ1) is 43.7. The van der Waals surface area contributed by atoms with Gasteiger partial charge >= 0.3 is 0 Å². The lowest BCUT2D eigenvalue weighted by atomic mass is 9.65. The fraction of sp³-hybridized carbons (Fsp3) is 0.0380. The number of para-hydroxylation sites is 3. The van der Waals surface area contributed by atoms with E-state index in [9.17, 15) is 0 Å². The van der Waals surface area contributed by atoms with Gasteiger partial charge in [0.2, 0.25) is 0 Å². The smallest absolute Gasteiger partial charge is 0.0755 e. The molecule has 0 fully saturated rings. The summed E-state index contributed by atoms with van der Waals surface area (Å²) in [6, 6.07) is 109. The molecule has 13 aromatic carbocycles. The van der Waals surface area contributed by atoms with E-state index in [0.717, 1.165) is 17.1 Å². The number of anilines is 3. The van der Waals surface area contributed by atoms with Crippen LogP contribution in [0.4, 0.5) is 17.1 Å². The predicted molar refractivity (Wildman–Crippen MR) is 333 cm³/mol. The van der Waals surface area contributed by atoms with Crippen LogP contribution in [0.3, 0.4) is 0 Å². The van der Waals surface area contributed by atoms with Gasteiger partial charge < -0.3 is 9.47 Å². The van der Waals surface area contributed by atoms with Gasteiger partial charge in [-0.25, -0.2) is 0 Å². The highest BCUT2D eigenvalue weighted by Gasteiger charge is 2.53. The Morgan fingerprint density at radius 2 is 0.778 bits per heavy atom. The minimum atomic E-state index is -0.606. The van der Waals surface area contributed by atoms with Gasteiger partial charge in [-0.3, -0.25) is 0 Å². The largest absolute Gasteiger partial charge is 0.310 e. The van der Waals surface area contributed by atoms with Crippen molar-refractivity contribution in [1.29, 1.82) is 0 Å². The highest BCUT2D eigenvalue weighted by atomic mass is 15.1. The van der Waals surface area contributed by atoms with Gasteiger partial charge in [-0.1, -0.05) is 237 Å². The summed E-state index contributed by atoms with van der Waals surface area (Å²) in [5, 5.41) is 5.11. The minimum absolute atomic E-state index is 0.139. The molecule has 2 unspecified atom stereocenters. The summed E-state index contributed by atoms with van der Waals surface area (Å²) in [5.74, 6) is 0.139. The maximum Gasteiger partial charge on any atom is 0.0755 e. The first-order valence-corrected chi connectivity index (χ1v) is 28.5. The normalized spacial score (nSPS) is 16.9. The quantitative estimate of drug-likeness (QED) is 0.171. The SMILES string of the molecule is c1ccc2c(c1)-c1ccccc1C2c1ccc(N(c2ccc3c(c2)C2(c4ccccc4-3)c3ccccc3-c3c2ccc2ccccc32)c2ccc3c(c2)C2(c4ccccc4-3)c3ccccc3-n3c4ccccc4c4cccc2c43)cc1. The summed E-state index contributed by atoms with van der Waals surface area (Å²) in [4.78, 5) is 2.56. The Labute approximate surface area is 469 Å². The molecule has 2 heterocycles. The van der Waals surface area contributed by atoms with Crippen LogP contribution in [-0.4, -0.2) is 4.57 Å². The maximum atomic E-state index is 2.56. The van der Waals surface area contributed by atoms with Crippen LogP contribution in [0.2, 0.25) is 0 Å². The van der Waals surface area contributed by atoms with E-state index < -0.39 is 10.8 Å². The van der Waals surface area contributed by atoms with E-state index in [4.69, 9.17) is 0 Å². The summed E-state index contributed by atoms with van der Waals surface area (Å²) >= 11 is 0. The van der Waals surface area contributed by atoms with E-state index in [1.54, 1.807) is 0 Å². The Balaban J connectivity index is 0.878. The average molecular weight is 1030 g/mol. The highest BCUT2D eigenvalue weighted by Crippen LogP contribution is 2.66. The van der Waals surface area contributed by atoms with Gasteiger partial charge in [0.25, 0.3) is 0 Å². The summed E-state index contributed by atoms with van der Waals surface area (Å²) in [5.41, 5.74) is 31.0. The standard InChI is InChI=1S/C79H48N2/c1-2-19-53-48(18-1)38-45-69-76(53)64-27-9-13-31-67(64)78(69)65-29-11-7-22-56(65)58-43-41-51(46-71(58)78)80(50-39-36-49(37-40-50)75-61-25-5-3-20-54(61)55-21-4-6-26-62(55)75)52-42-44-59-57-23-8-12-30-66(57)79(72(59)47-52)68-32-14-16-35-74(68)81-73-34-15-10-24-60(73)63-28-17-33-70(79)77(63)81/h1-47,75H. The second kappa shape index (κ2) is 15.7. The molecule has 0 saturated heterocycles. The number of hydrogen-bond donors (Lipinski definition) is 0. The van der Waals surface area contributed by atoms with E-state index in [1.807, 2.05) is 0 Å². The zero-order valence-electron chi connectivity index (χ0n) is 44.1. The number of rotatable bonds is 4. The number of hydrogen-bond acceptors (Lipinski definition) is 1. The lowest BCUT2D eigenvalue weighted by molar-refractivity contribution is 0.748. The fourth-order valence-corrected chi connectivity index (χ4v) is 16.5. The third-order valence-electron chi connectivity index (χ3n) is 19.5. The van der Waals surface area contributed by atoms with E-state index in [0.29, 0.717) is 0 Å². The molecule has 0 bridgehead atoms. The monoisotopic (exact) mass is 1020 g/mol. The van der Waals surface area contributed by atoms with Crippen LogP contribution in [-0.2, 0) is 10.8 Å². The van der Waals surface area contributed by atoms with Gasteiger partial charge in [0, 0.05) is 33.8 Å². The van der Waals surface area contributed by atoms with E-state index >= 15 is 0 Å². The topological polar surface area (TPSA) is 8.17 Å². The van der Waals surface area contributed by atoms with Gasteiger partial charge in [0.05, 0.1) is 27.6 Å². The number of aromatic nitrogens is 1.